The number of alkyl halides is 3. The van der Waals surface area contributed by atoms with Crippen molar-refractivity contribution < 1.29 is 32.2 Å². The zero-order chi connectivity index (χ0) is 26.0. The molecule has 12 heteroatoms. The number of fused-ring (bicyclic) bond motifs is 1. The summed E-state index contributed by atoms with van der Waals surface area (Å²) in [5, 5.41) is 16.1. The summed E-state index contributed by atoms with van der Waals surface area (Å²) in [6, 6.07) is 11.8. The van der Waals surface area contributed by atoms with Crippen molar-refractivity contribution >= 4 is 23.2 Å². The molecule has 2 amide bonds. The summed E-state index contributed by atoms with van der Waals surface area (Å²) < 4.78 is 48.5. The van der Waals surface area contributed by atoms with Gasteiger partial charge in [0.1, 0.15) is 23.3 Å². The Labute approximate surface area is 203 Å². The van der Waals surface area contributed by atoms with Crippen LogP contribution in [0.3, 0.4) is 0 Å². The number of rotatable bonds is 6. The summed E-state index contributed by atoms with van der Waals surface area (Å²) in [7, 11) is 1.43. The van der Waals surface area contributed by atoms with Gasteiger partial charge in [0.25, 0.3) is 11.8 Å². The van der Waals surface area contributed by atoms with Crippen LogP contribution in [0.1, 0.15) is 33.3 Å². The maximum Gasteiger partial charge on any atom is 0.422 e. The van der Waals surface area contributed by atoms with E-state index in [-0.39, 0.29) is 28.6 Å². The number of methoxy groups -OCH3 is 1. The van der Waals surface area contributed by atoms with Crippen LogP contribution in [-0.4, -0.2) is 47.5 Å². The highest BCUT2D eigenvalue weighted by Crippen LogP contribution is 2.29. The number of nitrogens with one attached hydrogen (secondary N) is 1. The normalized spacial score (nSPS) is 15.2. The van der Waals surface area contributed by atoms with Crippen LogP contribution in [-0.2, 0) is 6.54 Å². The first-order chi connectivity index (χ1) is 17.1. The minimum absolute atomic E-state index is 0.00882. The van der Waals surface area contributed by atoms with Crippen molar-refractivity contribution in [2.45, 2.75) is 25.7 Å². The van der Waals surface area contributed by atoms with Crippen LogP contribution < -0.4 is 19.7 Å². The number of aromatic nitrogens is 2. The van der Waals surface area contributed by atoms with E-state index >= 15 is 0 Å². The lowest BCUT2D eigenvalue weighted by atomic mass is 10.1. The third-order valence-corrected chi connectivity index (χ3v) is 5.48. The van der Waals surface area contributed by atoms with Crippen molar-refractivity contribution in [3.05, 3.63) is 65.5 Å². The Kier molecular flexibility index (Phi) is 6.57. The number of halogens is 3. The van der Waals surface area contributed by atoms with Crippen molar-refractivity contribution in [1.82, 2.24) is 9.78 Å². The van der Waals surface area contributed by atoms with Crippen LogP contribution in [0.2, 0.25) is 0 Å². The van der Waals surface area contributed by atoms with Gasteiger partial charge in [-0.05, 0) is 49.4 Å². The van der Waals surface area contributed by atoms with Gasteiger partial charge >= 0.3 is 6.18 Å². The molecule has 3 aromatic rings. The fourth-order valence-electron chi connectivity index (χ4n) is 3.87. The molecule has 0 saturated heterocycles. The van der Waals surface area contributed by atoms with E-state index in [1.165, 1.54) is 59.3 Å². The second-order valence-corrected chi connectivity index (χ2v) is 7.99. The lowest BCUT2D eigenvalue weighted by molar-refractivity contribution is -0.153. The molecule has 36 heavy (non-hydrogen) atoms. The monoisotopic (exact) mass is 499 g/mol. The summed E-state index contributed by atoms with van der Waals surface area (Å²) in [4.78, 5) is 27.9. The first kappa shape index (κ1) is 24.6. The molecule has 1 aliphatic heterocycles. The van der Waals surface area contributed by atoms with Gasteiger partial charge < -0.3 is 19.7 Å². The van der Waals surface area contributed by atoms with Crippen molar-refractivity contribution in [2.75, 3.05) is 23.9 Å². The molecule has 0 aliphatic carbocycles. The zero-order valence-corrected chi connectivity index (χ0v) is 19.2. The average molecular weight is 499 g/mol. The predicted octanol–water partition coefficient (Wildman–Crippen LogP) is 4.01. The number of amides is 2. The molecular weight excluding hydrogens is 479 g/mol. The van der Waals surface area contributed by atoms with E-state index in [0.29, 0.717) is 23.7 Å². The predicted molar refractivity (Wildman–Crippen MR) is 122 cm³/mol. The van der Waals surface area contributed by atoms with Crippen LogP contribution in [0.15, 0.2) is 48.7 Å². The average Bonchev–Trinajstić information content (AvgIpc) is 3.27. The van der Waals surface area contributed by atoms with Crippen molar-refractivity contribution in [3.8, 4) is 17.6 Å². The Morgan fingerprint density at radius 2 is 1.97 bits per heavy atom. The third-order valence-electron chi connectivity index (χ3n) is 5.48. The Morgan fingerprint density at radius 3 is 2.61 bits per heavy atom. The third kappa shape index (κ3) is 4.95. The quantitative estimate of drug-likeness (QED) is 0.549. The Balaban J connectivity index is 1.56. The first-order valence-electron chi connectivity index (χ1n) is 10.7. The fraction of sp³-hybridized carbons (Fsp3) is 0.250. The van der Waals surface area contributed by atoms with Crippen LogP contribution in [0.5, 0.6) is 11.5 Å². The van der Waals surface area contributed by atoms with Crippen molar-refractivity contribution in [2.24, 2.45) is 0 Å². The number of carbonyl (C=O) groups is 2. The minimum atomic E-state index is -4.46. The van der Waals surface area contributed by atoms with Crippen LogP contribution in [0, 0.1) is 11.3 Å². The smallest absolute Gasteiger partial charge is 0.422 e. The molecule has 1 aliphatic rings. The Bertz CT molecular complexity index is 1350. The number of ether oxygens (including phenoxy) is 2. The maximum absolute atomic E-state index is 13.4. The minimum Gasteiger partial charge on any atom is -0.495 e. The van der Waals surface area contributed by atoms with Gasteiger partial charge in [-0.15, -0.1) is 0 Å². The lowest BCUT2D eigenvalue weighted by Gasteiger charge is -2.34. The van der Waals surface area contributed by atoms with E-state index in [2.05, 4.69) is 10.4 Å². The molecule has 1 N–H and O–H groups in total. The van der Waals surface area contributed by atoms with Gasteiger partial charge in [0.05, 0.1) is 37.0 Å². The van der Waals surface area contributed by atoms with Gasteiger partial charge in [0, 0.05) is 11.4 Å². The number of carbonyl (C=O) groups excluding carboxylic acids is 2. The molecule has 186 valence electrons. The van der Waals surface area contributed by atoms with Gasteiger partial charge in [0.15, 0.2) is 6.61 Å². The van der Waals surface area contributed by atoms with Crippen LogP contribution >= 0.6 is 0 Å². The fourth-order valence-corrected chi connectivity index (χ4v) is 3.87. The number of nitriles is 1. The Hall–Kier alpha value is -4.53. The molecular formula is C24H20F3N5O4. The van der Waals surface area contributed by atoms with E-state index in [9.17, 15) is 28.0 Å². The number of anilines is 2. The molecule has 0 radical (unpaired) electrons. The lowest BCUT2D eigenvalue weighted by Crippen LogP contribution is -2.47. The number of hydrogen-bond donors (Lipinski definition) is 1. The van der Waals surface area contributed by atoms with E-state index < -0.39 is 24.6 Å². The molecule has 2 heterocycles. The van der Waals surface area contributed by atoms with Gasteiger partial charge in [0.2, 0.25) is 0 Å². The zero-order valence-electron chi connectivity index (χ0n) is 19.2. The van der Waals surface area contributed by atoms with Crippen LogP contribution in [0.25, 0.3) is 0 Å². The molecule has 0 unspecified atom stereocenters. The van der Waals surface area contributed by atoms with Crippen LogP contribution in [0.4, 0.5) is 24.5 Å². The molecule has 0 fully saturated rings. The van der Waals surface area contributed by atoms with E-state index in [1.54, 1.807) is 13.0 Å². The molecule has 0 spiro atoms. The summed E-state index contributed by atoms with van der Waals surface area (Å²) >= 11 is 0. The first-order valence-corrected chi connectivity index (χ1v) is 10.7. The van der Waals surface area contributed by atoms with E-state index in [0.717, 1.165) is 0 Å². The number of hydrogen-bond acceptors (Lipinski definition) is 6. The number of benzene rings is 2. The van der Waals surface area contributed by atoms with Crippen molar-refractivity contribution in [3.63, 3.8) is 0 Å². The van der Waals surface area contributed by atoms with Gasteiger partial charge in [-0.2, -0.15) is 23.5 Å². The summed E-state index contributed by atoms with van der Waals surface area (Å²) in [5.74, 6) is -0.723. The molecule has 0 saturated carbocycles. The highest BCUT2D eigenvalue weighted by atomic mass is 19.4. The van der Waals surface area contributed by atoms with E-state index in [4.69, 9.17) is 9.47 Å². The summed E-state index contributed by atoms with van der Waals surface area (Å²) in [5.41, 5.74) is 1.10. The maximum atomic E-state index is 13.4. The SMILES string of the molecule is COc1ccc(NC(=O)c2cnn3c2C(=O)N(c2ccc(OCC(F)(F)F)cc2)[C@@H](C)C3)cc1C#N. The van der Waals surface area contributed by atoms with E-state index in [1.807, 2.05) is 6.07 Å². The second-order valence-electron chi connectivity index (χ2n) is 7.99. The number of nitrogens with zero attached hydrogens (tertiary/aromatic N) is 4. The largest absolute Gasteiger partial charge is 0.495 e. The van der Waals surface area contributed by atoms with Gasteiger partial charge in [-0.1, -0.05) is 0 Å². The molecule has 9 nitrogen and oxygen atoms in total. The van der Waals surface area contributed by atoms with Gasteiger partial charge in [-0.25, -0.2) is 0 Å². The highest BCUT2D eigenvalue weighted by Gasteiger charge is 2.36. The summed E-state index contributed by atoms with van der Waals surface area (Å²) in [6.45, 7) is 0.659. The molecule has 4 rings (SSSR count). The molecule has 2 aromatic carbocycles. The molecule has 1 atom stereocenters. The Morgan fingerprint density at radius 1 is 1.25 bits per heavy atom. The molecule has 0 bridgehead atoms. The van der Waals surface area contributed by atoms with Crippen molar-refractivity contribution in [1.29, 1.82) is 5.26 Å². The van der Waals surface area contributed by atoms with Gasteiger partial charge in [-0.3, -0.25) is 14.3 Å². The summed E-state index contributed by atoms with van der Waals surface area (Å²) in [6.07, 6.45) is -3.17. The standard InChI is InChI=1S/C24H20F3N5O4/c1-14-12-31-21(23(34)32(14)17-4-6-18(7-5-17)36-13-24(25,26)27)19(11-29-31)22(33)30-16-3-8-20(35-2)15(9-16)10-28/h3-9,11,14H,12-13H2,1-2H3,(H,30,33)/t14-/m0/s1. The second kappa shape index (κ2) is 9.61. The molecule has 1 aromatic heterocycles. The topological polar surface area (TPSA) is 109 Å². The highest BCUT2D eigenvalue weighted by molar-refractivity contribution is 6.15.